The lowest BCUT2D eigenvalue weighted by Crippen LogP contribution is -2.11. The van der Waals surface area contributed by atoms with Gasteiger partial charge in [-0.2, -0.15) is 5.10 Å². The van der Waals surface area contributed by atoms with Gasteiger partial charge in [0.05, 0.1) is 18.0 Å². The Balaban J connectivity index is 2.40. The van der Waals surface area contributed by atoms with Gasteiger partial charge in [0.25, 0.3) is 0 Å². The van der Waals surface area contributed by atoms with E-state index in [1.807, 2.05) is 37.4 Å². The van der Waals surface area contributed by atoms with Crippen LogP contribution >= 0.6 is 0 Å². The standard InChI is InChI=1S/C16H20N2O3/c1-3-21-16(20)15-13(9-10-19)17-18(2)14(15)11-12-7-5-4-6-8-12/h4-8,19H,3,9-11H2,1-2H3. The normalized spacial score (nSPS) is 10.6. The zero-order valence-corrected chi connectivity index (χ0v) is 12.4. The number of carbonyl (C=O) groups excluding carboxylic acids is 1. The van der Waals surface area contributed by atoms with Crippen molar-refractivity contribution in [3.63, 3.8) is 0 Å². The van der Waals surface area contributed by atoms with Crippen LogP contribution in [0.3, 0.4) is 0 Å². The van der Waals surface area contributed by atoms with E-state index in [-0.39, 0.29) is 12.6 Å². The van der Waals surface area contributed by atoms with Crippen LogP contribution in [-0.4, -0.2) is 34.1 Å². The topological polar surface area (TPSA) is 64.3 Å². The van der Waals surface area contributed by atoms with Crippen LogP contribution in [0.5, 0.6) is 0 Å². The van der Waals surface area contributed by atoms with Crippen LogP contribution in [-0.2, 0) is 24.6 Å². The average Bonchev–Trinajstić information content (AvgIpc) is 2.77. The maximum absolute atomic E-state index is 12.2. The third kappa shape index (κ3) is 3.49. The minimum absolute atomic E-state index is 0.0474. The second-order valence-corrected chi connectivity index (χ2v) is 4.75. The molecule has 0 radical (unpaired) electrons. The third-order valence-corrected chi connectivity index (χ3v) is 3.28. The van der Waals surface area contributed by atoms with Gasteiger partial charge in [-0.3, -0.25) is 4.68 Å². The fourth-order valence-electron chi connectivity index (χ4n) is 2.33. The molecule has 0 aliphatic rings. The summed E-state index contributed by atoms with van der Waals surface area (Å²) in [7, 11) is 1.81. The molecule has 0 spiro atoms. The summed E-state index contributed by atoms with van der Waals surface area (Å²) < 4.78 is 6.83. The largest absolute Gasteiger partial charge is 0.462 e. The molecule has 0 amide bonds. The highest BCUT2D eigenvalue weighted by atomic mass is 16.5. The van der Waals surface area contributed by atoms with Gasteiger partial charge in [-0.25, -0.2) is 4.79 Å². The molecule has 1 aromatic carbocycles. The zero-order valence-electron chi connectivity index (χ0n) is 12.4. The van der Waals surface area contributed by atoms with E-state index < -0.39 is 0 Å². The van der Waals surface area contributed by atoms with Crippen molar-refractivity contribution in [3.05, 3.63) is 52.8 Å². The summed E-state index contributed by atoms with van der Waals surface area (Å²) >= 11 is 0. The zero-order chi connectivity index (χ0) is 15.2. The average molecular weight is 288 g/mol. The number of esters is 1. The fourth-order valence-corrected chi connectivity index (χ4v) is 2.33. The van der Waals surface area contributed by atoms with E-state index >= 15 is 0 Å². The number of ether oxygens (including phenoxy) is 1. The number of aryl methyl sites for hydroxylation is 1. The molecular weight excluding hydrogens is 268 g/mol. The van der Waals surface area contributed by atoms with Gasteiger partial charge in [-0.1, -0.05) is 30.3 Å². The molecule has 2 rings (SSSR count). The first-order valence-electron chi connectivity index (χ1n) is 7.04. The summed E-state index contributed by atoms with van der Waals surface area (Å²) in [5, 5.41) is 13.5. The molecule has 0 fully saturated rings. The summed E-state index contributed by atoms with van der Waals surface area (Å²) in [6.07, 6.45) is 0.945. The number of nitrogens with zero attached hydrogens (tertiary/aromatic N) is 2. The molecule has 1 aromatic heterocycles. The second-order valence-electron chi connectivity index (χ2n) is 4.75. The maximum Gasteiger partial charge on any atom is 0.341 e. The molecule has 112 valence electrons. The molecule has 0 saturated carbocycles. The summed E-state index contributed by atoms with van der Waals surface area (Å²) in [6, 6.07) is 9.90. The van der Waals surface area contributed by atoms with E-state index in [1.165, 1.54) is 0 Å². The summed E-state index contributed by atoms with van der Waals surface area (Å²) in [4.78, 5) is 12.2. The number of aromatic nitrogens is 2. The van der Waals surface area contributed by atoms with Crippen LogP contribution in [0.15, 0.2) is 30.3 Å². The SMILES string of the molecule is CCOC(=O)c1c(CCO)nn(C)c1Cc1ccccc1. The Morgan fingerprint density at radius 1 is 1.33 bits per heavy atom. The highest BCUT2D eigenvalue weighted by Gasteiger charge is 2.23. The minimum Gasteiger partial charge on any atom is -0.462 e. The van der Waals surface area contributed by atoms with Gasteiger partial charge in [0.1, 0.15) is 5.56 Å². The number of hydrogen-bond donors (Lipinski definition) is 1. The first kappa shape index (κ1) is 15.3. The van der Waals surface area contributed by atoms with E-state index in [0.717, 1.165) is 11.3 Å². The molecule has 0 saturated heterocycles. The van der Waals surface area contributed by atoms with Crippen molar-refractivity contribution in [2.45, 2.75) is 19.8 Å². The van der Waals surface area contributed by atoms with Gasteiger partial charge in [0.2, 0.25) is 0 Å². The molecule has 5 heteroatoms. The highest BCUT2D eigenvalue weighted by Crippen LogP contribution is 2.19. The van der Waals surface area contributed by atoms with Crippen molar-refractivity contribution in [1.82, 2.24) is 9.78 Å². The maximum atomic E-state index is 12.2. The number of aliphatic hydroxyl groups is 1. The van der Waals surface area contributed by atoms with Crippen molar-refractivity contribution in [1.29, 1.82) is 0 Å². The Morgan fingerprint density at radius 3 is 2.67 bits per heavy atom. The van der Waals surface area contributed by atoms with Crippen LogP contribution in [0.4, 0.5) is 0 Å². The molecular formula is C16H20N2O3. The summed E-state index contributed by atoms with van der Waals surface area (Å²) in [5.41, 5.74) is 2.98. The quantitative estimate of drug-likeness (QED) is 0.822. The van der Waals surface area contributed by atoms with Crippen molar-refractivity contribution < 1.29 is 14.6 Å². The molecule has 0 aliphatic carbocycles. The van der Waals surface area contributed by atoms with E-state index in [2.05, 4.69) is 5.10 Å². The van der Waals surface area contributed by atoms with Crippen LogP contribution in [0.1, 0.15) is 34.2 Å². The fraction of sp³-hybridized carbons (Fsp3) is 0.375. The lowest BCUT2D eigenvalue weighted by Gasteiger charge is -2.07. The van der Waals surface area contributed by atoms with Crippen LogP contribution in [0, 0.1) is 0 Å². The van der Waals surface area contributed by atoms with Crippen LogP contribution < -0.4 is 0 Å². The van der Waals surface area contributed by atoms with Crippen molar-refractivity contribution >= 4 is 5.97 Å². The molecule has 0 atom stereocenters. The van der Waals surface area contributed by atoms with E-state index in [9.17, 15) is 4.79 Å². The molecule has 2 aromatic rings. The molecule has 1 heterocycles. The van der Waals surface area contributed by atoms with Crippen LogP contribution in [0.25, 0.3) is 0 Å². The van der Waals surface area contributed by atoms with E-state index in [4.69, 9.17) is 9.84 Å². The van der Waals surface area contributed by atoms with Gasteiger partial charge in [-0.05, 0) is 12.5 Å². The Kier molecular flexibility index (Phi) is 5.11. The third-order valence-electron chi connectivity index (χ3n) is 3.28. The van der Waals surface area contributed by atoms with Gasteiger partial charge >= 0.3 is 5.97 Å². The first-order chi connectivity index (χ1) is 10.2. The molecule has 0 aliphatic heterocycles. The molecule has 0 bridgehead atoms. The van der Waals surface area contributed by atoms with Gasteiger partial charge < -0.3 is 9.84 Å². The number of carbonyl (C=O) groups is 1. The molecule has 1 N–H and O–H groups in total. The molecule has 5 nitrogen and oxygen atoms in total. The number of benzene rings is 1. The number of rotatable bonds is 6. The molecule has 21 heavy (non-hydrogen) atoms. The smallest absolute Gasteiger partial charge is 0.341 e. The van der Waals surface area contributed by atoms with Gasteiger partial charge in [0.15, 0.2) is 0 Å². The lowest BCUT2D eigenvalue weighted by molar-refractivity contribution is 0.0523. The Morgan fingerprint density at radius 2 is 2.05 bits per heavy atom. The summed E-state index contributed by atoms with van der Waals surface area (Å²) in [5.74, 6) is -0.375. The lowest BCUT2D eigenvalue weighted by atomic mass is 10.0. The van der Waals surface area contributed by atoms with Crippen LogP contribution in [0.2, 0.25) is 0 Å². The first-order valence-corrected chi connectivity index (χ1v) is 7.04. The molecule has 0 unspecified atom stereocenters. The van der Waals surface area contributed by atoms with Gasteiger partial charge in [0, 0.05) is 26.5 Å². The Hall–Kier alpha value is -2.14. The Bertz CT molecular complexity index is 605. The van der Waals surface area contributed by atoms with Crippen molar-refractivity contribution in [3.8, 4) is 0 Å². The predicted octanol–water partition coefficient (Wildman–Crippen LogP) is 1.72. The van der Waals surface area contributed by atoms with Gasteiger partial charge in [-0.15, -0.1) is 0 Å². The number of hydrogen-bond acceptors (Lipinski definition) is 4. The second kappa shape index (κ2) is 7.04. The van der Waals surface area contributed by atoms with Crippen molar-refractivity contribution in [2.75, 3.05) is 13.2 Å². The monoisotopic (exact) mass is 288 g/mol. The van der Waals surface area contributed by atoms with E-state index in [1.54, 1.807) is 11.6 Å². The highest BCUT2D eigenvalue weighted by molar-refractivity contribution is 5.92. The predicted molar refractivity (Wildman–Crippen MR) is 79.2 cm³/mol. The van der Waals surface area contributed by atoms with E-state index in [0.29, 0.717) is 30.7 Å². The Labute approximate surface area is 124 Å². The summed E-state index contributed by atoms with van der Waals surface area (Å²) in [6.45, 7) is 2.04. The number of aliphatic hydroxyl groups excluding tert-OH is 1. The minimum atomic E-state index is -0.375. The van der Waals surface area contributed by atoms with Crippen molar-refractivity contribution in [2.24, 2.45) is 7.05 Å².